The third-order valence-corrected chi connectivity index (χ3v) is 4.02. The van der Waals surface area contributed by atoms with Gasteiger partial charge in [0.25, 0.3) is 0 Å². The molecule has 0 saturated carbocycles. The van der Waals surface area contributed by atoms with Crippen molar-refractivity contribution in [3.05, 3.63) is 44.9 Å². The molecule has 2 aromatic rings. The van der Waals surface area contributed by atoms with E-state index in [0.717, 1.165) is 17.0 Å². The highest BCUT2D eigenvalue weighted by Crippen LogP contribution is 2.26. The van der Waals surface area contributed by atoms with Crippen LogP contribution in [0.15, 0.2) is 23.6 Å². The van der Waals surface area contributed by atoms with Crippen molar-refractivity contribution < 1.29 is 9.53 Å². The van der Waals surface area contributed by atoms with Gasteiger partial charge in [-0.2, -0.15) is 0 Å². The van der Waals surface area contributed by atoms with E-state index in [1.165, 1.54) is 0 Å². The lowest BCUT2D eigenvalue weighted by Crippen LogP contribution is -1.97. The number of halogens is 1. The number of hydrogen-bond donors (Lipinski definition) is 0. The third-order valence-electron chi connectivity index (χ3n) is 2.53. The summed E-state index contributed by atoms with van der Waals surface area (Å²) in [6.45, 7) is 4.60. The minimum atomic E-state index is 0.378. The number of ether oxygens (including phenoxy) is 1. The highest BCUT2D eigenvalue weighted by Gasteiger charge is 2.08. The van der Waals surface area contributed by atoms with Crippen LogP contribution < -0.4 is 4.74 Å². The Morgan fingerprint density at radius 3 is 2.84 bits per heavy atom. The van der Waals surface area contributed by atoms with Gasteiger partial charge in [0.1, 0.15) is 18.6 Å². The zero-order valence-corrected chi connectivity index (χ0v) is 12.3. The molecule has 1 heterocycles. The molecule has 0 radical (unpaired) electrons. The standard InChI is InChI=1S/C14H14ClNO2S/c1-9(2)14-16-11(8-19-14)7-18-13-4-3-10(6-17)5-12(13)15/h3-6,8-9H,7H2,1-2H3. The molecule has 0 spiro atoms. The van der Waals surface area contributed by atoms with Gasteiger partial charge in [0.05, 0.1) is 15.7 Å². The fourth-order valence-corrected chi connectivity index (χ4v) is 2.58. The lowest BCUT2D eigenvalue weighted by Gasteiger charge is -2.06. The second kappa shape index (κ2) is 6.17. The molecule has 0 N–H and O–H groups in total. The number of aldehydes is 1. The molecule has 2 rings (SSSR count). The van der Waals surface area contributed by atoms with Crippen molar-refractivity contribution in [1.82, 2.24) is 4.98 Å². The number of hydrogen-bond acceptors (Lipinski definition) is 4. The predicted octanol–water partition coefficient (Wildman–Crippen LogP) is 4.31. The molecule has 0 saturated heterocycles. The summed E-state index contributed by atoms with van der Waals surface area (Å²) < 4.78 is 5.61. The fraction of sp³-hybridized carbons (Fsp3) is 0.286. The number of carbonyl (C=O) groups is 1. The van der Waals surface area contributed by atoms with Crippen molar-refractivity contribution in [3.63, 3.8) is 0 Å². The molecular formula is C14H14ClNO2S. The van der Waals surface area contributed by atoms with Gasteiger partial charge in [-0.25, -0.2) is 4.98 Å². The summed E-state index contributed by atoms with van der Waals surface area (Å²) in [6, 6.07) is 4.96. The second-order valence-corrected chi connectivity index (χ2v) is 5.73. The SMILES string of the molecule is CC(C)c1nc(COc2ccc(C=O)cc2Cl)cs1. The largest absolute Gasteiger partial charge is 0.486 e. The van der Waals surface area contributed by atoms with Gasteiger partial charge in [0.2, 0.25) is 0 Å². The number of nitrogens with zero attached hydrogens (tertiary/aromatic N) is 1. The van der Waals surface area contributed by atoms with Crippen molar-refractivity contribution in [1.29, 1.82) is 0 Å². The average molecular weight is 296 g/mol. The van der Waals surface area contributed by atoms with Crippen molar-refractivity contribution in [3.8, 4) is 5.75 Å². The molecule has 0 amide bonds. The molecule has 1 aromatic heterocycles. The molecule has 5 heteroatoms. The van der Waals surface area contributed by atoms with E-state index < -0.39 is 0 Å². The van der Waals surface area contributed by atoms with E-state index in [2.05, 4.69) is 18.8 Å². The van der Waals surface area contributed by atoms with Crippen LogP contribution in [0.2, 0.25) is 5.02 Å². The number of thiazole rings is 1. The first-order chi connectivity index (χ1) is 9.10. The van der Waals surface area contributed by atoms with Gasteiger partial charge in [-0.1, -0.05) is 25.4 Å². The average Bonchev–Trinajstić information content (AvgIpc) is 2.86. The quantitative estimate of drug-likeness (QED) is 0.772. The molecule has 0 bridgehead atoms. The van der Waals surface area contributed by atoms with E-state index in [1.807, 2.05) is 5.38 Å². The summed E-state index contributed by atoms with van der Waals surface area (Å²) in [5.74, 6) is 0.987. The normalized spacial score (nSPS) is 10.7. The Morgan fingerprint density at radius 2 is 2.26 bits per heavy atom. The molecule has 0 aliphatic rings. The molecule has 100 valence electrons. The Hall–Kier alpha value is -1.39. The maximum absolute atomic E-state index is 10.6. The van der Waals surface area contributed by atoms with E-state index in [9.17, 15) is 4.79 Å². The molecule has 0 aliphatic carbocycles. The van der Waals surface area contributed by atoms with Gasteiger partial charge >= 0.3 is 0 Å². The summed E-state index contributed by atoms with van der Waals surface area (Å²) in [6.07, 6.45) is 0.755. The smallest absolute Gasteiger partial charge is 0.150 e. The van der Waals surface area contributed by atoms with E-state index in [4.69, 9.17) is 16.3 Å². The molecule has 0 atom stereocenters. The van der Waals surface area contributed by atoms with E-state index >= 15 is 0 Å². The van der Waals surface area contributed by atoms with Gasteiger partial charge in [-0.3, -0.25) is 4.79 Å². The monoisotopic (exact) mass is 295 g/mol. The third kappa shape index (κ3) is 3.55. The Morgan fingerprint density at radius 1 is 1.47 bits per heavy atom. The summed E-state index contributed by atoms with van der Waals surface area (Å²) >= 11 is 7.66. The zero-order chi connectivity index (χ0) is 13.8. The van der Waals surface area contributed by atoms with Crippen LogP contribution in [0.25, 0.3) is 0 Å². The predicted molar refractivity (Wildman–Crippen MR) is 77.4 cm³/mol. The Bertz CT molecular complexity index is 581. The van der Waals surface area contributed by atoms with E-state index in [0.29, 0.717) is 28.9 Å². The molecule has 0 fully saturated rings. The van der Waals surface area contributed by atoms with Crippen molar-refractivity contribution >= 4 is 29.2 Å². The highest BCUT2D eigenvalue weighted by atomic mass is 35.5. The molecule has 19 heavy (non-hydrogen) atoms. The van der Waals surface area contributed by atoms with Gasteiger partial charge in [-0.15, -0.1) is 11.3 Å². The van der Waals surface area contributed by atoms with Crippen LogP contribution in [0.4, 0.5) is 0 Å². The molecular weight excluding hydrogens is 282 g/mol. The summed E-state index contributed by atoms with van der Waals surface area (Å²) in [4.78, 5) is 15.1. The van der Waals surface area contributed by atoms with Crippen molar-refractivity contribution in [2.45, 2.75) is 26.4 Å². The maximum Gasteiger partial charge on any atom is 0.150 e. The number of rotatable bonds is 5. The minimum Gasteiger partial charge on any atom is -0.486 e. The highest BCUT2D eigenvalue weighted by molar-refractivity contribution is 7.09. The Labute approximate surface area is 121 Å². The van der Waals surface area contributed by atoms with Crippen LogP contribution in [0.1, 0.15) is 40.8 Å². The molecule has 0 unspecified atom stereocenters. The van der Waals surface area contributed by atoms with Gasteiger partial charge in [-0.05, 0) is 18.2 Å². The fourth-order valence-electron chi connectivity index (χ4n) is 1.51. The topological polar surface area (TPSA) is 39.2 Å². The Balaban J connectivity index is 2.03. The van der Waals surface area contributed by atoms with Gasteiger partial charge in [0, 0.05) is 16.9 Å². The van der Waals surface area contributed by atoms with Crippen LogP contribution in [0.3, 0.4) is 0 Å². The van der Waals surface area contributed by atoms with Crippen LogP contribution in [0, 0.1) is 0 Å². The van der Waals surface area contributed by atoms with E-state index in [-0.39, 0.29) is 0 Å². The second-order valence-electron chi connectivity index (χ2n) is 4.43. The first kappa shape index (κ1) is 14.0. The van der Waals surface area contributed by atoms with Crippen LogP contribution in [-0.2, 0) is 6.61 Å². The first-order valence-corrected chi connectivity index (χ1v) is 7.17. The van der Waals surface area contributed by atoms with Crippen molar-refractivity contribution in [2.75, 3.05) is 0 Å². The van der Waals surface area contributed by atoms with Gasteiger partial charge in [0.15, 0.2) is 0 Å². The lowest BCUT2D eigenvalue weighted by molar-refractivity contribution is 0.112. The lowest BCUT2D eigenvalue weighted by atomic mass is 10.2. The first-order valence-electron chi connectivity index (χ1n) is 5.92. The van der Waals surface area contributed by atoms with Gasteiger partial charge < -0.3 is 4.74 Å². The number of carbonyl (C=O) groups excluding carboxylic acids is 1. The van der Waals surface area contributed by atoms with Crippen LogP contribution in [-0.4, -0.2) is 11.3 Å². The van der Waals surface area contributed by atoms with Crippen LogP contribution in [0.5, 0.6) is 5.75 Å². The van der Waals surface area contributed by atoms with E-state index in [1.54, 1.807) is 29.5 Å². The molecule has 1 aromatic carbocycles. The molecule has 0 aliphatic heterocycles. The van der Waals surface area contributed by atoms with Crippen LogP contribution >= 0.6 is 22.9 Å². The number of aromatic nitrogens is 1. The summed E-state index contributed by atoms with van der Waals surface area (Å²) in [5.41, 5.74) is 1.43. The summed E-state index contributed by atoms with van der Waals surface area (Å²) in [7, 11) is 0. The minimum absolute atomic E-state index is 0.378. The maximum atomic E-state index is 10.6. The zero-order valence-electron chi connectivity index (χ0n) is 10.7. The van der Waals surface area contributed by atoms with Crippen molar-refractivity contribution in [2.24, 2.45) is 0 Å². The Kier molecular flexibility index (Phi) is 4.56. The summed E-state index contributed by atoms with van der Waals surface area (Å²) in [5, 5.41) is 3.52. The number of benzene rings is 1. The molecule has 3 nitrogen and oxygen atoms in total.